The van der Waals surface area contributed by atoms with Crippen LogP contribution in [-0.2, 0) is 16.0 Å². The Hall–Kier alpha value is -1.33. The number of rotatable bonds is 8. The van der Waals surface area contributed by atoms with Crippen molar-refractivity contribution in [3.05, 3.63) is 24.2 Å². The molecular weight excluding hydrogens is 220 g/mol. The van der Waals surface area contributed by atoms with E-state index in [2.05, 4.69) is 5.32 Å². The molecule has 0 bridgehead atoms. The number of aryl methyl sites for hydroxylation is 1. The van der Waals surface area contributed by atoms with E-state index in [4.69, 9.17) is 14.9 Å². The fourth-order valence-corrected chi connectivity index (χ4v) is 1.47. The van der Waals surface area contributed by atoms with Gasteiger partial charge >= 0.3 is 0 Å². The summed E-state index contributed by atoms with van der Waals surface area (Å²) in [6, 6.07) is 3.66. The monoisotopic (exact) mass is 240 g/mol. The lowest BCUT2D eigenvalue weighted by molar-refractivity contribution is -0.121. The molecule has 1 rings (SSSR count). The lowest BCUT2D eigenvalue weighted by Gasteiger charge is -2.10. The van der Waals surface area contributed by atoms with Gasteiger partial charge in [0.1, 0.15) is 5.76 Å². The summed E-state index contributed by atoms with van der Waals surface area (Å²) in [5.74, 6) is 0.849. The van der Waals surface area contributed by atoms with E-state index in [1.165, 1.54) is 0 Å². The van der Waals surface area contributed by atoms with E-state index >= 15 is 0 Å². The number of hydrogen-bond acceptors (Lipinski definition) is 4. The number of methoxy groups -OCH3 is 1. The van der Waals surface area contributed by atoms with Crippen LogP contribution < -0.4 is 11.1 Å². The van der Waals surface area contributed by atoms with E-state index < -0.39 is 0 Å². The summed E-state index contributed by atoms with van der Waals surface area (Å²) in [4.78, 5) is 11.5. The quantitative estimate of drug-likeness (QED) is 0.701. The molecule has 1 aromatic heterocycles. The predicted octanol–water partition coefficient (Wildman–Crippen LogP) is 0.692. The topological polar surface area (TPSA) is 77.5 Å². The van der Waals surface area contributed by atoms with Crippen LogP contribution in [0.15, 0.2) is 22.8 Å². The van der Waals surface area contributed by atoms with Crippen molar-refractivity contribution in [1.82, 2.24) is 5.32 Å². The Labute approximate surface area is 101 Å². The van der Waals surface area contributed by atoms with Gasteiger partial charge in [0.15, 0.2) is 0 Å². The van der Waals surface area contributed by atoms with Gasteiger partial charge in [0.25, 0.3) is 0 Å². The van der Waals surface area contributed by atoms with Gasteiger partial charge in [0, 0.05) is 32.5 Å². The largest absolute Gasteiger partial charge is 0.469 e. The zero-order valence-electron chi connectivity index (χ0n) is 10.1. The van der Waals surface area contributed by atoms with E-state index in [0.29, 0.717) is 26.0 Å². The van der Waals surface area contributed by atoms with Gasteiger partial charge in [-0.05, 0) is 18.6 Å². The Morgan fingerprint density at radius 2 is 2.47 bits per heavy atom. The first-order valence-corrected chi connectivity index (χ1v) is 5.76. The fraction of sp³-hybridized carbons (Fsp3) is 0.583. The Morgan fingerprint density at radius 3 is 3.12 bits per heavy atom. The molecule has 96 valence electrons. The van der Waals surface area contributed by atoms with E-state index in [0.717, 1.165) is 12.2 Å². The van der Waals surface area contributed by atoms with Crippen LogP contribution in [0.5, 0.6) is 0 Å². The molecule has 5 heteroatoms. The van der Waals surface area contributed by atoms with Gasteiger partial charge in [-0.1, -0.05) is 0 Å². The number of nitrogens with one attached hydrogen (secondary N) is 1. The van der Waals surface area contributed by atoms with Crippen molar-refractivity contribution in [3.8, 4) is 0 Å². The molecule has 0 radical (unpaired) electrons. The number of ether oxygens (including phenoxy) is 1. The van der Waals surface area contributed by atoms with Crippen LogP contribution in [0, 0.1) is 0 Å². The van der Waals surface area contributed by atoms with Gasteiger partial charge in [0.05, 0.1) is 12.9 Å². The van der Waals surface area contributed by atoms with Crippen LogP contribution in [0.2, 0.25) is 0 Å². The van der Waals surface area contributed by atoms with Crippen molar-refractivity contribution in [3.63, 3.8) is 0 Å². The van der Waals surface area contributed by atoms with Gasteiger partial charge < -0.3 is 20.2 Å². The third kappa shape index (κ3) is 6.09. The minimum absolute atomic E-state index is 0.0195. The van der Waals surface area contributed by atoms with E-state index in [1.807, 2.05) is 12.1 Å². The maximum Gasteiger partial charge on any atom is 0.220 e. The van der Waals surface area contributed by atoms with Crippen molar-refractivity contribution >= 4 is 5.91 Å². The summed E-state index contributed by atoms with van der Waals surface area (Å²) in [5.41, 5.74) is 5.73. The number of furan rings is 1. The molecule has 0 saturated carbocycles. The molecule has 0 aliphatic rings. The Bertz CT molecular complexity index is 312. The molecule has 1 atom stereocenters. The number of nitrogens with two attached hydrogens (primary N) is 1. The van der Waals surface area contributed by atoms with Crippen LogP contribution in [-0.4, -0.2) is 32.2 Å². The van der Waals surface area contributed by atoms with Gasteiger partial charge in [-0.15, -0.1) is 0 Å². The third-order valence-corrected chi connectivity index (χ3v) is 2.40. The van der Waals surface area contributed by atoms with Crippen LogP contribution in [0.4, 0.5) is 0 Å². The van der Waals surface area contributed by atoms with Crippen molar-refractivity contribution < 1.29 is 13.9 Å². The molecule has 0 spiro atoms. The molecule has 0 aliphatic heterocycles. The van der Waals surface area contributed by atoms with Gasteiger partial charge in [-0.2, -0.15) is 0 Å². The van der Waals surface area contributed by atoms with Gasteiger partial charge in [-0.25, -0.2) is 0 Å². The SMILES string of the molecule is COCC(N)CCNC(=O)CCc1ccco1. The molecule has 3 N–H and O–H groups in total. The first-order valence-electron chi connectivity index (χ1n) is 5.76. The Kier molecular flexibility index (Phi) is 6.35. The number of amides is 1. The highest BCUT2D eigenvalue weighted by atomic mass is 16.5. The fourth-order valence-electron chi connectivity index (χ4n) is 1.47. The second-order valence-electron chi connectivity index (χ2n) is 3.93. The highest BCUT2D eigenvalue weighted by Crippen LogP contribution is 2.03. The standard InChI is InChI=1S/C12H20N2O3/c1-16-9-10(13)6-7-14-12(15)5-4-11-3-2-8-17-11/h2-3,8,10H,4-7,9,13H2,1H3,(H,14,15). The summed E-state index contributed by atoms with van der Waals surface area (Å²) in [6.45, 7) is 1.10. The summed E-state index contributed by atoms with van der Waals surface area (Å²) in [6.07, 6.45) is 3.40. The van der Waals surface area contributed by atoms with Crippen LogP contribution in [0.25, 0.3) is 0 Å². The Balaban J connectivity index is 2.05. The summed E-state index contributed by atoms with van der Waals surface area (Å²) >= 11 is 0. The first-order chi connectivity index (χ1) is 8.22. The maximum absolute atomic E-state index is 11.5. The average Bonchev–Trinajstić information content (AvgIpc) is 2.79. The average molecular weight is 240 g/mol. The zero-order chi connectivity index (χ0) is 12.5. The smallest absolute Gasteiger partial charge is 0.220 e. The van der Waals surface area contributed by atoms with E-state index in [1.54, 1.807) is 13.4 Å². The molecule has 1 unspecified atom stereocenters. The second-order valence-corrected chi connectivity index (χ2v) is 3.93. The predicted molar refractivity (Wildman–Crippen MR) is 64.5 cm³/mol. The molecule has 0 saturated heterocycles. The lowest BCUT2D eigenvalue weighted by Crippen LogP contribution is -2.32. The highest BCUT2D eigenvalue weighted by molar-refractivity contribution is 5.76. The first kappa shape index (κ1) is 13.7. The number of carbonyl (C=O) groups excluding carboxylic acids is 1. The molecular formula is C12H20N2O3. The highest BCUT2D eigenvalue weighted by Gasteiger charge is 2.05. The van der Waals surface area contributed by atoms with Crippen molar-refractivity contribution in [2.45, 2.75) is 25.3 Å². The molecule has 1 aromatic rings. The lowest BCUT2D eigenvalue weighted by atomic mass is 10.2. The van der Waals surface area contributed by atoms with Crippen molar-refractivity contribution in [1.29, 1.82) is 0 Å². The zero-order valence-corrected chi connectivity index (χ0v) is 10.1. The van der Waals surface area contributed by atoms with Crippen molar-refractivity contribution in [2.24, 2.45) is 5.73 Å². The minimum Gasteiger partial charge on any atom is -0.469 e. The van der Waals surface area contributed by atoms with E-state index in [-0.39, 0.29) is 11.9 Å². The molecule has 1 amide bonds. The molecule has 1 heterocycles. The third-order valence-electron chi connectivity index (χ3n) is 2.40. The molecule has 5 nitrogen and oxygen atoms in total. The molecule has 17 heavy (non-hydrogen) atoms. The molecule has 0 aliphatic carbocycles. The molecule has 0 fully saturated rings. The summed E-state index contributed by atoms with van der Waals surface area (Å²) < 4.78 is 10.0. The second kappa shape index (κ2) is 7.86. The summed E-state index contributed by atoms with van der Waals surface area (Å²) in [7, 11) is 1.61. The van der Waals surface area contributed by atoms with E-state index in [9.17, 15) is 4.79 Å². The van der Waals surface area contributed by atoms with Gasteiger partial charge in [-0.3, -0.25) is 4.79 Å². The number of hydrogen-bond donors (Lipinski definition) is 2. The van der Waals surface area contributed by atoms with Crippen LogP contribution in [0.3, 0.4) is 0 Å². The maximum atomic E-state index is 11.5. The normalized spacial score (nSPS) is 12.4. The minimum atomic E-state index is -0.0228. The van der Waals surface area contributed by atoms with Crippen LogP contribution in [0.1, 0.15) is 18.6 Å². The van der Waals surface area contributed by atoms with Crippen LogP contribution >= 0.6 is 0 Å². The van der Waals surface area contributed by atoms with Gasteiger partial charge in [0.2, 0.25) is 5.91 Å². The van der Waals surface area contributed by atoms with Crippen molar-refractivity contribution in [2.75, 3.05) is 20.3 Å². The number of carbonyl (C=O) groups is 1. The Morgan fingerprint density at radius 1 is 1.65 bits per heavy atom. The molecule has 0 aromatic carbocycles. The summed E-state index contributed by atoms with van der Waals surface area (Å²) in [5, 5.41) is 2.82.